The van der Waals surface area contributed by atoms with Gasteiger partial charge < -0.3 is 15.0 Å². The zero-order valence-electron chi connectivity index (χ0n) is 13.6. The highest BCUT2D eigenvalue weighted by Gasteiger charge is 2.15. The van der Waals surface area contributed by atoms with Crippen LogP contribution in [0.4, 0.5) is 11.4 Å². The van der Waals surface area contributed by atoms with Crippen LogP contribution in [0.2, 0.25) is 0 Å². The number of thiocarbonyl (C=S) groups is 1. The zero-order chi connectivity index (χ0) is 17.4. The third-order valence-corrected chi connectivity index (χ3v) is 3.06. The Morgan fingerprint density at radius 2 is 2.26 bits per heavy atom. The quantitative estimate of drug-likeness (QED) is 0.336. The molecule has 0 aromatic heterocycles. The Kier molecular flexibility index (Phi) is 7.36. The lowest BCUT2D eigenvalue weighted by Crippen LogP contribution is -2.40. The minimum Gasteiger partial charge on any atom is -0.383 e. The van der Waals surface area contributed by atoms with Crippen molar-refractivity contribution >= 4 is 34.9 Å². The van der Waals surface area contributed by atoms with Crippen molar-refractivity contribution < 1.29 is 9.66 Å². The average molecular weight is 339 g/mol. The van der Waals surface area contributed by atoms with Gasteiger partial charge in [0.25, 0.3) is 5.69 Å². The fourth-order valence-corrected chi connectivity index (χ4v) is 2.11. The number of nitrogens with zero attached hydrogens (tertiary/aromatic N) is 3. The second-order valence-electron chi connectivity index (χ2n) is 5.10. The molecule has 0 heterocycles. The maximum atomic E-state index is 11.1. The summed E-state index contributed by atoms with van der Waals surface area (Å²) in [5.41, 5.74) is 3.81. The van der Waals surface area contributed by atoms with E-state index in [0.717, 1.165) is 0 Å². The molecule has 8 nitrogen and oxygen atoms in total. The lowest BCUT2D eigenvalue weighted by molar-refractivity contribution is -0.384. The van der Waals surface area contributed by atoms with E-state index < -0.39 is 4.92 Å². The third-order valence-electron chi connectivity index (χ3n) is 2.85. The topological polar surface area (TPSA) is 92.0 Å². The Morgan fingerprint density at radius 1 is 1.57 bits per heavy atom. The molecule has 1 atom stereocenters. The van der Waals surface area contributed by atoms with Gasteiger partial charge in [-0.05, 0) is 25.2 Å². The zero-order valence-corrected chi connectivity index (χ0v) is 14.4. The van der Waals surface area contributed by atoms with E-state index in [2.05, 4.69) is 15.8 Å². The minimum absolute atomic E-state index is 0.0216. The number of anilines is 1. The first-order valence-corrected chi connectivity index (χ1v) is 7.30. The molecule has 23 heavy (non-hydrogen) atoms. The maximum Gasteiger partial charge on any atom is 0.293 e. The number of nitro groups is 1. The van der Waals surface area contributed by atoms with Gasteiger partial charge in [-0.25, -0.2) is 0 Å². The highest BCUT2D eigenvalue weighted by Crippen LogP contribution is 2.26. The Labute approximate surface area is 140 Å². The van der Waals surface area contributed by atoms with E-state index in [4.69, 9.17) is 17.0 Å². The Balaban J connectivity index is 2.72. The van der Waals surface area contributed by atoms with Gasteiger partial charge >= 0.3 is 0 Å². The fourth-order valence-electron chi connectivity index (χ4n) is 1.86. The number of methoxy groups -OCH3 is 1. The van der Waals surface area contributed by atoms with E-state index in [-0.39, 0.29) is 11.7 Å². The normalized spacial score (nSPS) is 12.0. The van der Waals surface area contributed by atoms with E-state index in [9.17, 15) is 10.1 Å². The van der Waals surface area contributed by atoms with Crippen molar-refractivity contribution in [2.75, 3.05) is 32.7 Å². The van der Waals surface area contributed by atoms with Crippen LogP contribution in [0.3, 0.4) is 0 Å². The molecule has 0 saturated carbocycles. The molecule has 0 aliphatic rings. The summed E-state index contributed by atoms with van der Waals surface area (Å²) in [6, 6.07) is 4.94. The van der Waals surface area contributed by atoms with E-state index in [0.29, 0.717) is 23.0 Å². The Hall–Kier alpha value is -2.26. The summed E-state index contributed by atoms with van der Waals surface area (Å²) in [6.45, 7) is 2.44. The van der Waals surface area contributed by atoms with Crippen LogP contribution in [0.5, 0.6) is 0 Å². The number of hydrogen-bond donors (Lipinski definition) is 2. The number of hydrazone groups is 1. The van der Waals surface area contributed by atoms with Crippen LogP contribution in [0.15, 0.2) is 23.3 Å². The number of nitrogens with one attached hydrogen (secondary N) is 2. The van der Waals surface area contributed by atoms with Crippen molar-refractivity contribution in [1.29, 1.82) is 0 Å². The lowest BCUT2D eigenvalue weighted by atomic mass is 10.2. The molecule has 0 spiro atoms. The first-order chi connectivity index (χ1) is 10.8. The van der Waals surface area contributed by atoms with Crippen molar-refractivity contribution in [3.8, 4) is 0 Å². The van der Waals surface area contributed by atoms with E-state index in [1.54, 1.807) is 38.2 Å². The van der Waals surface area contributed by atoms with Crippen LogP contribution in [-0.4, -0.2) is 50.1 Å². The number of rotatable bonds is 7. The molecule has 0 saturated heterocycles. The van der Waals surface area contributed by atoms with Crippen molar-refractivity contribution in [2.24, 2.45) is 5.10 Å². The van der Waals surface area contributed by atoms with Crippen molar-refractivity contribution in [3.05, 3.63) is 33.9 Å². The van der Waals surface area contributed by atoms with Gasteiger partial charge in [-0.2, -0.15) is 5.10 Å². The summed E-state index contributed by atoms with van der Waals surface area (Å²) in [5, 5.41) is 18.4. The number of ether oxygens (including phenoxy) is 1. The summed E-state index contributed by atoms with van der Waals surface area (Å²) in [7, 11) is 5.11. The molecule has 2 N–H and O–H groups in total. The number of hydrogen-bond acceptors (Lipinski definition) is 6. The van der Waals surface area contributed by atoms with Gasteiger partial charge in [-0.1, -0.05) is 6.07 Å². The predicted octanol–water partition coefficient (Wildman–Crippen LogP) is 1.49. The fraction of sp³-hybridized carbons (Fsp3) is 0.429. The maximum absolute atomic E-state index is 11.1. The molecule has 0 fully saturated rings. The predicted molar refractivity (Wildman–Crippen MR) is 95.2 cm³/mol. The molecular formula is C14H21N5O3S. The number of benzene rings is 1. The molecule has 126 valence electrons. The molecule has 1 aromatic rings. The Morgan fingerprint density at radius 3 is 2.83 bits per heavy atom. The molecule has 0 bridgehead atoms. The van der Waals surface area contributed by atoms with E-state index in [1.165, 1.54) is 12.3 Å². The van der Waals surface area contributed by atoms with Crippen molar-refractivity contribution in [1.82, 2.24) is 10.7 Å². The van der Waals surface area contributed by atoms with Crippen LogP contribution in [0.25, 0.3) is 0 Å². The molecule has 0 radical (unpaired) electrons. The standard InChI is InChI=1S/C14H21N5O3S/c1-10(9-22-4)16-14(23)17-15-8-11-5-6-12(18(2)3)13(7-11)19(20)21/h5-8,10H,9H2,1-4H3,(H2,16,17,23)/b15-8-/t10-/m1/s1. The highest BCUT2D eigenvalue weighted by molar-refractivity contribution is 7.80. The first-order valence-electron chi connectivity index (χ1n) is 6.89. The van der Waals surface area contributed by atoms with Gasteiger partial charge in [-0.3, -0.25) is 15.5 Å². The van der Waals surface area contributed by atoms with Gasteiger partial charge in [-0.15, -0.1) is 0 Å². The first kappa shape index (κ1) is 18.8. The molecule has 0 aliphatic heterocycles. The summed E-state index contributed by atoms with van der Waals surface area (Å²) in [4.78, 5) is 12.4. The van der Waals surface area contributed by atoms with E-state index >= 15 is 0 Å². The van der Waals surface area contributed by atoms with Crippen LogP contribution in [-0.2, 0) is 4.74 Å². The van der Waals surface area contributed by atoms with Crippen LogP contribution in [0, 0.1) is 10.1 Å². The molecule has 1 aromatic carbocycles. The second kappa shape index (κ2) is 9.01. The average Bonchev–Trinajstić information content (AvgIpc) is 2.46. The van der Waals surface area contributed by atoms with Crippen molar-refractivity contribution in [3.63, 3.8) is 0 Å². The van der Waals surface area contributed by atoms with Gasteiger partial charge in [0.1, 0.15) is 5.69 Å². The summed E-state index contributed by atoms with van der Waals surface area (Å²) in [5.74, 6) is 0. The molecule has 1 rings (SSSR count). The SMILES string of the molecule is COC[C@@H](C)NC(=S)N/N=C\c1ccc(N(C)C)c([N+](=O)[O-])c1. The number of nitro benzene ring substituents is 1. The molecular weight excluding hydrogens is 318 g/mol. The van der Waals surface area contributed by atoms with Gasteiger partial charge in [0.15, 0.2) is 5.11 Å². The molecule has 0 aliphatic carbocycles. The summed E-state index contributed by atoms with van der Waals surface area (Å²) >= 11 is 5.08. The minimum atomic E-state index is -0.418. The summed E-state index contributed by atoms with van der Waals surface area (Å²) in [6.07, 6.45) is 1.47. The molecule has 0 unspecified atom stereocenters. The van der Waals surface area contributed by atoms with Gasteiger partial charge in [0.05, 0.1) is 17.7 Å². The molecule has 0 amide bonds. The van der Waals surface area contributed by atoms with Gasteiger partial charge in [0.2, 0.25) is 0 Å². The highest BCUT2D eigenvalue weighted by atomic mass is 32.1. The van der Waals surface area contributed by atoms with Crippen molar-refractivity contribution in [2.45, 2.75) is 13.0 Å². The lowest BCUT2D eigenvalue weighted by Gasteiger charge is -2.14. The van der Waals surface area contributed by atoms with Crippen LogP contribution in [0.1, 0.15) is 12.5 Å². The third kappa shape index (κ3) is 6.17. The van der Waals surface area contributed by atoms with Crippen LogP contribution >= 0.6 is 12.2 Å². The second-order valence-corrected chi connectivity index (χ2v) is 5.51. The summed E-state index contributed by atoms with van der Waals surface area (Å²) < 4.78 is 4.99. The van der Waals surface area contributed by atoms with Crippen LogP contribution < -0.4 is 15.6 Å². The van der Waals surface area contributed by atoms with E-state index in [1.807, 2.05) is 6.92 Å². The van der Waals surface area contributed by atoms with Gasteiger partial charge in [0, 0.05) is 38.9 Å². The molecule has 9 heteroatoms. The Bertz CT molecular complexity index is 592. The largest absolute Gasteiger partial charge is 0.383 e. The monoisotopic (exact) mass is 339 g/mol. The smallest absolute Gasteiger partial charge is 0.293 e.